The van der Waals surface area contributed by atoms with Crippen LogP contribution in [0.25, 0.3) is 66.1 Å². The van der Waals surface area contributed by atoms with Gasteiger partial charge in [0.05, 0.1) is 0 Å². The fraction of sp³-hybridized carbons (Fsp3) is 0.0256. The van der Waals surface area contributed by atoms with Crippen LogP contribution in [0, 0.1) is 6.92 Å². The smallest absolute Gasteiger partial charge is 0.00235 e. The van der Waals surface area contributed by atoms with Crippen molar-refractivity contribution in [3.63, 3.8) is 0 Å². The molecule has 0 aliphatic heterocycles. The van der Waals surface area contributed by atoms with Crippen molar-refractivity contribution in [3.05, 3.63) is 157 Å². The number of benzene rings is 7. The van der Waals surface area contributed by atoms with Crippen LogP contribution in [-0.4, -0.2) is 0 Å². The highest BCUT2D eigenvalue weighted by atomic mass is 14.2. The van der Waals surface area contributed by atoms with Gasteiger partial charge in [0.15, 0.2) is 0 Å². The quantitative estimate of drug-likeness (QED) is 0.213. The molecule has 7 aromatic rings. The molecular weight excluding hydrogens is 468 g/mol. The minimum absolute atomic E-state index is 1.23. The molecule has 184 valence electrons. The van der Waals surface area contributed by atoms with Crippen molar-refractivity contribution in [2.24, 2.45) is 0 Å². The lowest BCUT2D eigenvalue weighted by Crippen LogP contribution is -1.93. The predicted octanol–water partition coefficient (Wildman–Crippen LogP) is 11.0. The Morgan fingerprint density at radius 2 is 0.744 bits per heavy atom. The van der Waals surface area contributed by atoms with Crippen molar-refractivity contribution in [1.82, 2.24) is 0 Å². The van der Waals surface area contributed by atoms with Crippen LogP contribution in [0.5, 0.6) is 0 Å². The Hall–Kier alpha value is -4.94. The maximum atomic E-state index is 2.38. The first kappa shape index (κ1) is 23.2. The molecule has 0 saturated carbocycles. The lowest BCUT2D eigenvalue weighted by molar-refractivity contribution is 1.47. The van der Waals surface area contributed by atoms with E-state index < -0.39 is 0 Å². The highest BCUT2D eigenvalue weighted by Gasteiger charge is 2.18. The number of hydrogen-bond acceptors (Lipinski definition) is 0. The van der Waals surface area contributed by atoms with Crippen LogP contribution in [0.3, 0.4) is 0 Å². The fourth-order valence-electron chi connectivity index (χ4n) is 5.91. The molecule has 0 atom stereocenters. The first-order valence-electron chi connectivity index (χ1n) is 13.5. The van der Waals surface area contributed by atoms with E-state index in [0.29, 0.717) is 0 Å². The van der Waals surface area contributed by atoms with Crippen LogP contribution in [0.4, 0.5) is 0 Å². The van der Waals surface area contributed by atoms with Gasteiger partial charge in [-0.2, -0.15) is 0 Å². The molecule has 39 heavy (non-hydrogen) atoms. The molecule has 7 rings (SSSR count). The lowest BCUT2D eigenvalue weighted by atomic mass is 9.84. The first-order chi connectivity index (χ1) is 19.3. The third kappa shape index (κ3) is 4.11. The second-order valence-electron chi connectivity index (χ2n) is 10.2. The van der Waals surface area contributed by atoms with Gasteiger partial charge in [0, 0.05) is 0 Å². The molecule has 0 N–H and O–H groups in total. The van der Waals surface area contributed by atoms with E-state index in [9.17, 15) is 0 Å². The van der Waals surface area contributed by atoms with Gasteiger partial charge in [-0.1, -0.05) is 140 Å². The summed E-state index contributed by atoms with van der Waals surface area (Å²) < 4.78 is 0. The van der Waals surface area contributed by atoms with Crippen LogP contribution in [0.1, 0.15) is 5.56 Å². The van der Waals surface area contributed by atoms with Crippen molar-refractivity contribution in [2.75, 3.05) is 0 Å². The topological polar surface area (TPSA) is 0 Å². The van der Waals surface area contributed by atoms with E-state index in [1.807, 2.05) is 0 Å². The average Bonchev–Trinajstić information content (AvgIpc) is 3.01. The molecule has 0 radical (unpaired) electrons. The van der Waals surface area contributed by atoms with Gasteiger partial charge in [0.1, 0.15) is 0 Å². The van der Waals surface area contributed by atoms with Gasteiger partial charge >= 0.3 is 0 Å². The normalized spacial score (nSPS) is 11.2. The maximum absolute atomic E-state index is 2.38. The first-order valence-corrected chi connectivity index (χ1v) is 13.5. The third-order valence-corrected chi connectivity index (χ3v) is 7.80. The Morgan fingerprint density at radius 1 is 0.308 bits per heavy atom. The molecule has 0 fully saturated rings. The highest BCUT2D eigenvalue weighted by molar-refractivity contribution is 6.21. The summed E-state index contributed by atoms with van der Waals surface area (Å²) in [5.41, 5.74) is 11.3. The Labute approximate surface area is 229 Å². The Morgan fingerprint density at radius 3 is 1.33 bits per heavy atom. The van der Waals surface area contributed by atoms with E-state index in [1.54, 1.807) is 0 Å². The second-order valence-corrected chi connectivity index (χ2v) is 10.2. The van der Waals surface area contributed by atoms with Crippen LogP contribution in [0.2, 0.25) is 0 Å². The number of rotatable bonds is 4. The number of fused-ring (bicyclic) bond motifs is 2. The van der Waals surface area contributed by atoms with Crippen LogP contribution >= 0.6 is 0 Å². The molecule has 0 heteroatoms. The van der Waals surface area contributed by atoms with Gasteiger partial charge in [0.25, 0.3) is 0 Å². The molecule has 7 aromatic carbocycles. The Kier molecular flexibility index (Phi) is 5.79. The van der Waals surface area contributed by atoms with E-state index in [-0.39, 0.29) is 0 Å². The van der Waals surface area contributed by atoms with Crippen molar-refractivity contribution < 1.29 is 0 Å². The molecule has 0 saturated heterocycles. The van der Waals surface area contributed by atoms with Gasteiger partial charge in [-0.25, -0.2) is 0 Å². The molecule has 0 aromatic heterocycles. The summed E-state index contributed by atoms with van der Waals surface area (Å²) in [5.74, 6) is 0. The van der Waals surface area contributed by atoms with E-state index in [0.717, 1.165) is 0 Å². The third-order valence-electron chi connectivity index (χ3n) is 7.80. The number of hydrogen-bond donors (Lipinski definition) is 0. The SMILES string of the molecule is Cc1ccc(-c2cccc(-c3ccccc3)c2)cc1-c1c2ccccc2c(-c2ccccc2)c2ccccc12. The second kappa shape index (κ2) is 9.74. The van der Waals surface area contributed by atoms with Crippen molar-refractivity contribution in [2.45, 2.75) is 6.92 Å². The molecule has 0 unspecified atom stereocenters. The van der Waals surface area contributed by atoms with Gasteiger partial charge in [-0.05, 0) is 90.7 Å². The van der Waals surface area contributed by atoms with Crippen molar-refractivity contribution in [1.29, 1.82) is 0 Å². The van der Waals surface area contributed by atoms with Crippen LogP contribution in [-0.2, 0) is 0 Å². The van der Waals surface area contributed by atoms with Crippen molar-refractivity contribution in [3.8, 4) is 44.5 Å². The minimum Gasteiger partial charge on any atom is -0.0622 e. The van der Waals surface area contributed by atoms with E-state index in [2.05, 4.69) is 159 Å². The predicted molar refractivity (Wildman–Crippen MR) is 168 cm³/mol. The van der Waals surface area contributed by atoms with Gasteiger partial charge in [-0.3, -0.25) is 0 Å². The number of aryl methyl sites for hydroxylation is 1. The van der Waals surface area contributed by atoms with E-state index in [4.69, 9.17) is 0 Å². The monoisotopic (exact) mass is 496 g/mol. The van der Waals surface area contributed by atoms with E-state index in [1.165, 1.54) is 71.6 Å². The summed E-state index contributed by atoms with van der Waals surface area (Å²) in [4.78, 5) is 0. The van der Waals surface area contributed by atoms with Gasteiger partial charge in [-0.15, -0.1) is 0 Å². The zero-order chi connectivity index (χ0) is 26.2. The summed E-state index contributed by atoms with van der Waals surface area (Å²) in [5, 5.41) is 5.14. The minimum atomic E-state index is 1.23. The van der Waals surface area contributed by atoms with Crippen LogP contribution < -0.4 is 0 Å². The van der Waals surface area contributed by atoms with Crippen LogP contribution in [0.15, 0.2) is 152 Å². The molecule has 0 heterocycles. The summed E-state index contributed by atoms with van der Waals surface area (Å²) in [6.07, 6.45) is 0. The zero-order valence-corrected chi connectivity index (χ0v) is 21.9. The molecule has 0 spiro atoms. The molecule has 0 bridgehead atoms. The summed E-state index contributed by atoms with van der Waals surface area (Å²) in [6.45, 7) is 2.23. The highest BCUT2D eigenvalue weighted by Crippen LogP contribution is 2.45. The Bertz CT molecular complexity index is 1890. The van der Waals surface area contributed by atoms with E-state index >= 15 is 0 Å². The van der Waals surface area contributed by atoms with Gasteiger partial charge in [0.2, 0.25) is 0 Å². The molecule has 0 aliphatic rings. The maximum Gasteiger partial charge on any atom is -0.00235 e. The van der Waals surface area contributed by atoms with Crippen molar-refractivity contribution >= 4 is 21.5 Å². The summed E-state index contributed by atoms with van der Waals surface area (Å²) >= 11 is 0. The standard InChI is InChI=1S/C39H28/c1-27-23-24-32(31-18-12-17-30(25-31)28-13-4-2-5-14-28)26-37(27)39-35-21-10-8-19-33(35)38(29-15-6-3-7-16-29)34-20-9-11-22-36(34)39/h2-26H,1H3. The average molecular weight is 497 g/mol. The molecule has 0 amide bonds. The lowest BCUT2D eigenvalue weighted by Gasteiger charge is -2.19. The fourth-order valence-corrected chi connectivity index (χ4v) is 5.91. The summed E-state index contributed by atoms with van der Waals surface area (Å²) in [7, 11) is 0. The molecule has 0 aliphatic carbocycles. The largest absolute Gasteiger partial charge is 0.0622 e. The molecular formula is C39H28. The zero-order valence-electron chi connectivity index (χ0n) is 21.9. The molecule has 0 nitrogen and oxygen atoms in total. The Balaban J connectivity index is 1.49. The van der Waals surface area contributed by atoms with Gasteiger partial charge < -0.3 is 0 Å². The summed E-state index contributed by atoms with van der Waals surface area (Å²) in [6, 6.07) is 54.9.